The third kappa shape index (κ3) is 4.94. The second-order valence-corrected chi connectivity index (χ2v) is 12.8. The van der Waals surface area contributed by atoms with Crippen LogP contribution >= 0.6 is 11.6 Å². The van der Waals surface area contributed by atoms with Crippen molar-refractivity contribution in [3.05, 3.63) is 68.2 Å². The Balaban J connectivity index is 1.72. The summed E-state index contributed by atoms with van der Waals surface area (Å²) in [6, 6.07) is 9.18. The van der Waals surface area contributed by atoms with E-state index in [0.717, 1.165) is 16.7 Å². The van der Waals surface area contributed by atoms with Gasteiger partial charge in [0.25, 0.3) is 5.69 Å². The SMILES string of the molecule is Cc1cc2c(cc1Cl)CN(S(=O)(=O)c1ccccc1[N+](=O)[O-])CC21CCN(C(=O)OC(C)(C)C)CC1. The Labute approximate surface area is 216 Å². The minimum absolute atomic E-state index is 0.0568. The van der Waals surface area contributed by atoms with Gasteiger partial charge in [0.1, 0.15) is 5.60 Å². The monoisotopic (exact) mass is 535 g/mol. The van der Waals surface area contributed by atoms with Crippen LogP contribution in [0, 0.1) is 17.0 Å². The van der Waals surface area contributed by atoms with Crippen LogP contribution in [0.2, 0.25) is 5.02 Å². The summed E-state index contributed by atoms with van der Waals surface area (Å²) in [6.45, 7) is 8.34. The van der Waals surface area contributed by atoms with E-state index in [2.05, 4.69) is 0 Å². The first kappa shape index (κ1) is 26.4. The zero-order chi connectivity index (χ0) is 26.5. The lowest BCUT2D eigenvalue weighted by Gasteiger charge is -2.48. The summed E-state index contributed by atoms with van der Waals surface area (Å²) in [7, 11) is -4.19. The van der Waals surface area contributed by atoms with Gasteiger partial charge in [-0.15, -0.1) is 0 Å². The standard InChI is InChI=1S/C25H30ClN3O6S/c1-17-13-19-18(14-20(17)26)15-28(36(33,34)22-8-6-5-7-21(22)29(31)32)16-25(19)9-11-27(12-10-25)23(30)35-24(2,3)4/h5-8,13-14H,9-12,15-16H2,1-4H3. The van der Waals surface area contributed by atoms with Crippen LogP contribution in [0.5, 0.6) is 0 Å². The molecule has 0 bridgehead atoms. The van der Waals surface area contributed by atoms with Crippen molar-refractivity contribution in [2.75, 3.05) is 19.6 Å². The van der Waals surface area contributed by atoms with E-state index in [0.29, 0.717) is 31.0 Å². The normalized spacial score (nSPS) is 18.1. The lowest BCUT2D eigenvalue weighted by molar-refractivity contribution is -0.387. The molecule has 0 aliphatic carbocycles. The number of aryl methyl sites for hydroxylation is 1. The molecule has 2 aromatic carbocycles. The molecule has 194 valence electrons. The molecule has 11 heteroatoms. The number of amides is 1. The fourth-order valence-electron chi connectivity index (χ4n) is 5.02. The highest BCUT2D eigenvalue weighted by atomic mass is 35.5. The van der Waals surface area contributed by atoms with Gasteiger partial charge in [0.15, 0.2) is 4.90 Å². The van der Waals surface area contributed by atoms with Gasteiger partial charge in [-0.3, -0.25) is 10.1 Å². The van der Waals surface area contributed by atoms with E-state index in [1.54, 1.807) is 11.0 Å². The molecule has 1 amide bonds. The Hall–Kier alpha value is -2.69. The maximum atomic E-state index is 13.7. The number of sulfonamides is 1. The quantitative estimate of drug-likeness (QED) is 0.402. The second-order valence-electron chi connectivity index (χ2n) is 10.5. The summed E-state index contributed by atoms with van der Waals surface area (Å²) in [5.74, 6) is 0. The van der Waals surface area contributed by atoms with Gasteiger partial charge in [0, 0.05) is 42.7 Å². The molecule has 4 rings (SSSR count). The summed E-state index contributed by atoms with van der Waals surface area (Å²) in [5.41, 5.74) is 1.02. The number of rotatable bonds is 3. The van der Waals surface area contributed by atoms with Gasteiger partial charge in [0.2, 0.25) is 10.0 Å². The number of nitro benzene ring substituents is 1. The molecule has 36 heavy (non-hydrogen) atoms. The van der Waals surface area contributed by atoms with Crippen molar-refractivity contribution >= 4 is 33.4 Å². The molecule has 0 unspecified atom stereocenters. The number of piperidine rings is 1. The summed E-state index contributed by atoms with van der Waals surface area (Å²) in [4.78, 5) is 24.9. The molecule has 0 aromatic heterocycles. The number of halogens is 1. The molecule has 0 N–H and O–H groups in total. The molecule has 0 saturated carbocycles. The molecule has 2 aliphatic rings. The first-order valence-corrected chi connectivity index (χ1v) is 13.6. The number of hydrogen-bond acceptors (Lipinski definition) is 6. The number of carbonyl (C=O) groups is 1. The van der Waals surface area contributed by atoms with Crippen molar-refractivity contribution in [3.63, 3.8) is 0 Å². The molecule has 0 atom stereocenters. The Morgan fingerprint density at radius 2 is 1.81 bits per heavy atom. The lowest BCUT2D eigenvalue weighted by Crippen LogP contribution is -2.54. The second kappa shape index (κ2) is 9.32. The summed E-state index contributed by atoms with van der Waals surface area (Å²) in [6.07, 6.45) is 0.636. The highest BCUT2D eigenvalue weighted by Crippen LogP contribution is 2.45. The van der Waals surface area contributed by atoms with Gasteiger partial charge in [-0.05, 0) is 69.4 Å². The molecule has 2 aliphatic heterocycles. The number of likely N-dealkylation sites (tertiary alicyclic amines) is 1. The van der Waals surface area contributed by atoms with E-state index in [1.807, 2.05) is 33.8 Å². The number of nitrogens with zero attached hydrogens (tertiary/aromatic N) is 3. The lowest BCUT2D eigenvalue weighted by atomic mass is 9.69. The zero-order valence-corrected chi connectivity index (χ0v) is 22.4. The number of ether oxygens (including phenoxy) is 1. The van der Waals surface area contributed by atoms with Gasteiger partial charge >= 0.3 is 6.09 Å². The van der Waals surface area contributed by atoms with Crippen molar-refractivity contribution in [1.29, 1.82) is 0 Å². The molecule has 1 spiro atoms. The highest BCUT2D eigenvalue weighted by molar-refractivity contribution is 7.89. The first-order valence-electron chi connectivity index (χ1n) is 11.7. The van der Waals surface area contributed by atoms with Crippen LogP contribution in [0.15, 0.2) is 41.3 Å². The zero-order valence-electron chi connectivity index (χ0n) is 20.8. The van der Waals surface area contributed by atoms with E-state index < -0.39 is 37.7 Å². The number of nitro groups is 1. The number of fused-ring (bicyclic) bond motifs is 2. The predicted octanol–water partition coefficient (Wildman–Crippen LogP) is 5.03. The predicted molar refractivity (Wildman–Crippen MR) is 136 cm³/mol. The Morgan fingerprint density at radius 1 is 1.17 bits per heavy atom. The van der Waals surface area contributed by atoms with Crippen LogP contribution in [-0.2, 0) is 26.7 Å². The van der Waals surface area contributed by atoms with Gasteiger partial charge in [-0.25, -0.2) is 13.2 Å². The number of para-hydroxylation sites is 1. The minimum atomic E-state index is -4.19. The topological polar surface area (TPSA) is 110 Å². The average Bonchev–Trinajstić information content (AvgIpc) is 2.79. The molecule has 2 aromatic rings. The van der Waals surface area contributed by atoms with Crippen molar-refractivity contribution in [3.8, 4) is 0 Å². The van der Waals surface area contributed by atoms with Crippen molar-refractivity contribution in [1.82, 2.24) is 9.21 Å². The van der Waals surface area contributed by atoms with Crippen molar-refractivity contribution in [2.45, 2.75) is 63.0 Å². The van der Waals surface area contributed by atoms with Crippen LogP contribution in [0.3, 0.4) is 0 Å². The molecule has 1 saturated heterocycles. The van der Waals surface area contributed by atoms with Crippen molar-refractivity contribution < 1.29 is 22.9 Å². The smallest absolute Gasteiger partial charge is 0.410 e. The van der Waals surface area contributed by atoms with Crippen LogP contribution in [0.1, 0.15) is 50.3 Å². The molecular formula is C25H30ClN3O6S. The Bertz CT molecular complexity index is 1310. The van der Waals surface area contributed by atoms with Gasteiger partial charge in [-0.2, -0.15) is 4.31 Å². The highest BCUT2D eigenvalue weighted by Gasteiger charge is 2.47. The third-order valence-corrected chi connectivity index (χ3v) is 9.08. The molecule has 0 radical (unpaired) electrons. The minimum Gasteiger partial charge on any atom is -0.444 e. The van der Waals surface area contributed by atoms with E-state index >= 15 is 0 Å². The Morgan fingerprint density at radius 3 is 2.42 bits per heavy atom. The van der Waals surface area contributed by atoms with Crippen LogP contribution in [-0.4, -0.2) is 53.9 Å². The van der Waals surface area contributed by atoms with Crippen LogP contribution in [0.25, 0.3) is 0 Å². The third-order valence-electron chi connectivity index (χ3n) is 6.83. The number of benzene rings is 2. The van der Waals surface area contributed by atoms with E-state index in [-0.39, 0.29) is 18.0 Å². The van der Waals surface area contributed by atoms with E-state index in [9.17, 15) is 23.3 Å². The fraction of sp³-hybridized carbons (Fsp3) is 0.480. The van der Waals surface area contributed by atoms with Crippen LogP contribution < -0.4 is 0 Å². The molecular weight excluding hydrogens is 506 g/mol. The van der Waals surface area contributed by atoms with Crippen LogP contribution in [0.4, 0.5) is 10.5 Å². The first-order chi connectivity index (χ1) is 16.7. The van der Waals surface area contributed by atoms with Gasteiger partial charge < -0.3 is 9.64 Å². The number of hydrogen-bond donors (Lipinski definition) is 0. The van der Waals surface area contributed by atoms with E-state index in [1.165, 1.54) is 28.6 Å². The Kier molecular flexibility index (Phi) is 6.83. The summed E-state index contributed by atoms with van der Waals surface area (Å²) < 4.78 is 34.3. The van der Waals surface area contributed by atoms with Gasteiger partial charge in [-0.1, -0.05) is 29.8 Å². The summed E-state index contributed by atoms with van der Waals surface area (Å²) >= 11 is 6.42. The van der Waals surface area contributed by atoms with Crippen molar-refractivity contribution in [2.24, 2.45) is 0 Å². The molecule has 2 heterocycles. The van der Waals surface area contributed by atoms with E-state index in [4.69, 9.17) is 16.3 Å². The largest absolute Gasteiger partial charge is 0.444 e. The molecule has 9 nitrogen and oxygen atoms in total. The maximum absolute atomic E-state index is 13.7. The summed E-state index contributed by atoms with van der Waals surface area (Å²) in [5, 5.41) is 12.1. The number of carbonyl (C=O) groups excluding carboxylic acids is 1. The molecule has 1 fully saturated rings. The average molecular weight is 536 g/mol. The fourth-order valence-corrected chi connectivity index (χ4v) is 6.87. The maximum Gasteiger partial charge on any atom is 0.410 e. The van der Waals surface area contributed by atoms with Gasteiger partial charge in [0.05, 0.1) is 4.92 Å².